The predicted octanol–water partition coefficient (Wildman–Crippen LogP) is 2.58. The number of halogens is 1. The Morgan fingerprint density at radius 2 is 1.89 bits per heavy atom. The lowest BCUT2D eigenvalue weighted by molar-refractivity contribution is 0.0752. The maximum absolute atomic E-state index is 12.5. The number of fused-ring (bicyclic) bond motifs is 1. The predicted molar refractivity (Wildman–Crippen MR) is 76.4 cm³/mol. The molecule has 0 bridgehead atoms. The van der Waals surface area contributed by atoms with Crippen LogP contribution in [0.25, 0.3) is 0 Å². The van der Waals surface area contributed by atoms with Crippen LogP contribution in [0.1, 0.15) is 21.5 Å². The van der Waals surface area contributed by atoms with Crippen LogP contribution in [0.15, 0.2) is 41.0 Å². The van der Waals surface area contributed by atoms with Crippen molar-refractivity contribution in [2.45, 2.75) is 13.1 Å². The maximum Gasteiger partial charge on any atom is 0.258 e. The highest BCUT2D eigenvalue weighted by molar-refractivity contribution is 9.10. The molecule has 0 saturated heterocycles. The van der Waals surface area contributed by atoms with Crippen LogP contribution in [0.2, 0.25) is 0 Å². The van der Waals surface area contributed by atoms with Crippen LogP contribution in [0.3, 0.4) is 0 Å². The van der Waals surface area contributed by atoms with E-state index in [1.807, 2.05) is 24.3 Å². The van der Waals surface area contributed by atoms with E-state index in [-0.39, 0.29) is 11.7 Å². The first kappa shape index (κ1) is 12.2. The number of nitrogens with zero attached hydrogens (tertiary/aromatic N) is 2. The Morgan fingerprint density at radius 3 is 2.53 bits per heavy atom. The first-order valence-corrected chi connectivity index (χ1v) is 6.71. The Morgan fingerprint density at radius 1 is 1.26 bits per heavy atom. The molecule has 0 radical (unpaired) electrons. The summed E-state index contributed by atoms with van der Waals surface area (Å²) < 4.78 is 0.752. The lowest BCUT2D eigenvalue weighted by Gasteiger charge is -2.16. The quantitative estimate of drug-likeness (QED) is 0.879. The van der Waals surface area contributed by atoms with E-state index in [2.05, 4.69) is 20.9 Å². The highest BCUT2D eigenvalue weighted by Crippen LogP contribution is 2.25. The van der Waals surface area contributed by atoms with Gasteiger partial charge in [0.05, 0.1) is 5.56 Å². The molecule has 2 aromatic rings. The molecular formula is C14H12BrN3O. The molecule has 4 nitrogen and oxygen atoms in total. The molecule has 0 saturated carbocycles. The van der Waals surface area contributed by atoms with Crippen molar-refractivity contribution in [3.63, 3.8) is 0 Å². The van der Waals surface area contributed by atoms with E-state index in [0.29, 0.717) is 18.7 Å². The minimum atomic E-state index is -0.0810. The lowest BCUT2D eigenvalue weighted by Crippen LogP contribution is -2.26. The number of anilines is 1. The van der Waals surface area contributed by atoms with Gasteiger partial charge in [-0.15, -0.1) is 0 Å². The van der Waals surface area contributed by atoms with Crippen molar-refractivity contribution in [2.24, 2.45) is 0 Å². The molecule has 0 atom stereocenters. The number of carbonyl (C=O) groups excluding carboxylic acids is 1. The second-order valence-corrected chi connectivity index (χ2v) is 5.43. The Balaban J connectivity index is 1.89. The third-order valence-corrected chi connectivity index (χ3v) is 3.68. The van der Waals surface area contributed by atoms with E-state index in [1.165, 1.54) is 11.1 Å². The topological polar surface area (TPSA) is 59.2 Å². The molecular weight excluding hydrogens is 306 g/mol. The fraction of sp³-hybridized carbons (Fsp3) is 0.143. The summed E-state index contributed by atoms with van der Waals surface area (Å²) in [6.45, 7) is 1.25. The van der Waals surface area contributed by atoms with Crippen LogP contribution in [0, 0.1) is 0 Å². The van der Waals surface area contributed by atoms with Crippen molar-refractivity contribution >= 4 is 27.7 Å². The molecule has 3 rings (SSSR count). The Hall–Kier alpha value is -1.88. The molecule has 1 aliphatic rings. The van der Waals surface area contributed by atoms with E-state index in [4.69, 9.17) is 5.73 Å². The van der Waals surface area contributed by atoms with Crippen molar-refractivity contribution in [3.05, 3.63) is 57.7 Å². The number of hydrogen-bond acceptors (Lipinski definition) is 3. The number of pyridine rings is 1. The number of amides is 1. The number of nitrogen functional groups attached to an aromatic ring is 1. The van der Waals surface area contributed by atoms with Gasteiger partial charge in [-0.2, -0.15) is 0 Å². The maximum atomic E-state index is 12.5. The first-order chi connectivity index (χ1) is 9.15. The van der Waals surface area contributed by atoms with Crippen molar-refractivity contribution in [3.8, 4) is 0 Å². The summed E-state index contributed by atoms with van der Waals surface area (Å²) >= 11 is 3.31. The van der Waals surface area contributed by atoms with Gasteiger partial charge >= 0.3 is 0 Å². The summed E-state index contributed by atoms with van der Waals surface area (Å²) in [5.74, 6) is 0.187. The number of aromatic nitrogens is 1. The Kier molecular flexibility index (Phi) is 2.98. The summed E-state index contributed by atoms with van der Waals surface area (Å²) in [6, 6.07) is 9.79. The average molecular weight is 318 g/mol. The number of rotatable bonds is 1. The average Bonchev–Trinajstić information content (AvgIpc) is 2.84. The van der Waals surface area contributed by atoms with Gasteiger partial charge in [0.25, 0.3) is 5.91 Å². The summed E-state index contributed by atoms with van der Waals surface area (Å²) in [6.07, 6.45) is 1.59. The fourth-order valence-corrected chi connectivity index (χ4v) is 2.60. The van der Waals surface area contributed by atoms with E-state index >= 15 is 0 Å². The molecule has 0 unspecified atom stereocenters. The van der Waals surface area contributed by atoms with Crippen LogP contribution in [-0.4, -0.2) is 15.8 Å². The molecule has 5 heteroatoms. The molecule has 2 N–H and O–H groups in total. The highest BCUT2D eigenvalue weighted by atomic mass is 79.9. The lowest BCUT2D eigenvalue weighted by atomic mass is 10.1. The number of carbonyl (C=O) groups is 1. The molecule has 19 heavy (non-hydrogen) atoms. The molecule has 1 amide bonds. The van der Waals surface area contributed by atoms with Gasteiger partial charge in [0.1, 0.15) is 5.82 Å². The molecule has 1 aliphatic heterocycles. The molecule has 0 aliphatic carbocycles. The molecule has 1 aromatic heterocycles. The molecule has 0 spiro atoms. The van der Waals surface area contributed by atoms with Gasteiger partial charge in [-0.1, -0.05) is 24.3 Å². The third kappa shape index (κ3) is 2.21. The second-order valence-electron chi connectivity index (χ2n) is 4.52. The standard InChI is InChI=1S/C14H12BrN3O/c15-11-5-12(13(16)17-6-11)14(19)18-7-9-3-1-2-4-10(9)8-18/h1-6H,7-8H2,(H2,16,17). The zero-order chi connectivity index (χ0) is 13.4. The van der Waals surface area contributed by atoms with Crippen LogP contribution in [0.4, 0.5) is 5.82 Å². The first-order valence-electron chi connectivity index (χ1n) is 5.92. The smallest absolute Gasteiger partial charge is 0.258 e. The summed E-state index contributed by atoms with van der Waals surface area (Å²) in [5.41, 5.74) is 8.61. The van der Waals surface area contributed by atoms with Crippen LogP contribution in [-0.2, 0) is 13.1 Å². The van der Waals surface area contributed by atoms with Gasteiger partial charge in [-0.05, 0) is 33.1 Å². The summed E-state index contributed by atoms with van der Waals surface area (Å²) in [5, 5.41) is 0. The number of benzene rings is 1. The van der Waals surface area contributed by atoms with Gasteiger partial charge < -0.3 is 10.6 Å². The van der Waals surface area contributed by atoms with Crippen molar-refractivity contribution in [2.75, 3.05) is 5.73 Å². The fourth-order valence-electron chi connectivity index (χ4n) is 2.27. The van der Waals surface area contributed by atoms with Gasteiger partial charge in [-0.25, -0.2) is 4.98 Å². The van der Waals surface area contributed by atoms with Crippen molar-refractivity contribution < 1.29 is 4.79 Å². The SMILES string of the molecule is Nc1ncc(Br)cc1C(=O)N1Cc2ccccc2C1. The molecule has 1 aromatic carbocycles. The summed E-state index contributed by atoms with van der Waals surface area (Å²) in [7, 11) is 0. The molecule has 96 valence electrons. The third-order valence-electron chi connectivity index (χ3n) is 3.24. The number of nitrogens with two attached hydrogens (primary N) is 1. The van der Waals surface area contributed by atoms with Crippen LogP contribution in [0.5, 0.6) is 0 Å². The monoisotopic (exact) mass is 317 g/mol. The zero-order valence-corrected chi connectivity index (χ0v) is 11.7. The van der Waals surface area contributed by atoms with E-state index in [1.54, 1.807) is 17.2 Å². The normalized spacial score (nSPS) is 13.4. The zero-order valence-electron chi connectivity index (χ0n) is 10.1. The van der Waals surface area contributed by atoms with Crippen LogP contribution >= 0.6 is 15.9 Å². The second kappa shape index (κ2) is 4.66. The minimum Gasteiger partial charge on any atom is -0.383 e. The Labute approximate surface area is 119 Å². The minimum absolute atomic E-state index is 0.0810. The molecule has 2 heterocycles. The van der Waals surface area contributed by atoms with Crippen molar-refractivity contribution in [1.82, 2.24) is 9.88 Å². The van der Waals surface area contributed by atoms with E-state index in [9.17, 15) is 4.79 Å². The van der Waals surface area contributed by atoms with E-state index in [0.717, 1.165) is 4.47 Å². The highest BCUT2D eigenvalue weighted by Gasteiger charge is 2.25. The van der Waals surface area contributed by atoms with Gasteiger partial charge in [0.15, 0.2) is 0 Å². The van der Waals surface area contributed by atoms with Crippen molar-refractivity contribution in [1.29, 1.82) is 0 Å². The van der Waals surface area contributed by atoms with Crippen LogP contribution < -0.4 is 5.73 Å². The Bertz CT molecular complexity index is 632. The number of hydrogen-bond donors (Lipinski definition) is 1. The van der Waals surface area contributed by atoms with Gasteiger partial charge in [0.2, 0.25) is 0 Å². The largest absolute Gasteiger partial charge is 0.383 e. The van der Waals surface area contributed by atoms with E-state index < -0.39 is 0 Å². The van der Waals surface area contributed by atoms with Gasteiger partial charge in [0, 0.05) is 23.8 Å². The van der Waals surface area contributed by atoms with Gasteiger partial charge in [-0.3, -0.25) is 4.79 Å². The summed E-state index contributed by atoms with van der Waals surface area (Å²) in [4.78, 5) is 18.3. The molecule has 0 fully saturated rings.